The van der Waals surface area contributed by atoms with Crippen molar-refractivity contribution >= 4 is 17.9 Å². The molecule has 0 unspecified atom stereocenters. The Hall–Kier alpha value is -9.63. The highest BCUT2D eigenvalue weighted by atomic mass is 16.7. The van der Waals surface area contributed by atoms with Gasteiger partial charge in [0.1, 0.15) is 0 Å². The zero-order valence-corrected chi connectivity index (χ0v) is 53.7. The highest BCUT2D eigenvalue weighted by Gasteiger charge is 2.55. The average Bonchev–Trinajstić information content (AvgIpc) is 0.796. The van der Waals surface area contributed by atoms with Crippen molar-refractivity contribution in [3.63, 3.8) is 0 Å². The molecule has 12 nitrogen and oxygen atoms in total. The fourth-order valence-electron chi connectivity index (χ4n) is 12.7. The summed E-state index contributed by atoms with van der Waals surface area (Å²) in [7, 11) is 0. The standard InChI is InChI=1S/C31H28O4.C27H28O4.C25H24O4/c1-2-33-29(32)31(28-20-18-25(19-21-28)24-12-6-3-7-13-24)34-22-30(23-35-31,26-14-8-4-9-15-26)27-16-10-5-11-17-27;1-2-29-25(28)27(19-18-22-12-6-3-7-13-22)30-20-26(21-31-27,23-14-8-4-9-15-23)24-16-10-5-11-17-24;26-23(27)25(17-16-20-10-4-1-5-11-20)28-18-24(19-29-25,21-12-6-2-7-13-21)22-14-8-3-9-15-22/h3-21H,2,22-23H2,1H3;3-17H,2,18-21H2,1H3;1-15H,16-19H2,(H,26,27). The summed E-state index contributed by atoms with van der Waals surface area (Å²) in [6.07, 6.45) is 1.88. The maximum absolute atomic E-state index is 13.3. The Morgan fingerprint density at radius 3 is 0.895 bits per heavy atom. The van der Waals surface area contributed by atoms with Gasteiger partial charge in [0.25, 0.3) is 17.4 Å². The summed E-state index contributed by atoms with van der Waals surface area (Å²) < 4.78 is 48.5. The maximum Gasteiger partial charge on any atom is 0.372 e. The number of carboxylic acid groups (broad SMARTS) is 1. The highest BCUT2D eigenvalue weighted by molar-refractivity contribution is 5.81. The summed E-state index contributed by atoms with van der Waals surface area (Å²) >= 11 is 0. The lowest BCUT2D eigenvalue weighted by atomic mass is 9.75. The minimum absolute atomic E-state index is 0.234. The predicted octanol–water partition coefficient (Wildman–Crippen LogP) is 15.4. The van der Waals surface area contributed by atoms with Gasteiger partial charge in [-0.05, 0) is 82.3 Å². The molecule has 3 saturated heterocycles. The highest BCUT2D eigenvalue weighted by Crippen LogP contribution is 2.46. The van der Waals surface area contributed by atoms with Crippen LogP contribution in [0.3, 0.4) is 0 Å². The van der Waals surface area contributed by atoms with E-state index in [9.17, 15) is 19.5 Å². The Morgan fingerprint density at radius 2 is 0.579 bits per heavy atom. The SMILES string of the molecule is CCOC(=O)C1(CCc2ccccc2)OCC(c2ccccc2)(c2ccccc2)CO1.CCOC(=O)C1(c2ccc(-c3ccccc3)cc2)OCC(c2ccccc2)(c2ccccc2)CO1.O=C(O)C1(CCc2ccccc2)OCC(c2ccccc2)(c2ccccc2)CO1. The van der Waals surface area contributed by atoms with Gasteiger partial charge in [-0.3, -0.25) is 0 Å². The first-order valence-electron chi connectivity index (χ1n) is 32.5. The normalized spacial score (nSPS) is 16.9. The maximum atomic E-state index is 13.3. The van der Waals surface area contributed by atoms with Crippen LogP contribution in [0.4, 0.5) is 0 Å². The van der Waals surface area contributed by atoms with Crippen LogP contribution in [0.25, 0.3) is 11.1 Å². The molecule has 10 aromatic rings. The Labute approximate surface area is 557 Å². The summed E-state index contributed by atoms with van der Waals surface area (Å²) in [6, 6.07) is 98.4. The molecule has 13 rings (SSSR count). The summed E-state index contributed by atoms with van der Waals surface area (Å²) in [5.74, 6) is -6.74. The number of hydrogen-bond donors (Lipinski definition) is 1. The average molecular weight is 1270 g/mol. The van der Waals surface area contributed by atoms with E-state index in [1.54, 1.807) is 13.8 Å². The molecule has 0 atom stereocenters. The third-order valence-electron chi connectivity index (χ3n) is 18.2. The van der Waals surface area contributed by atoms with Gasteiger partial charge in [-0.15, -0.1) is 0 Å². The first kappa shape index (κ1) is 66.8. The van der Waals surface area contributed by atoms with Crippen molar-refractivity contribution in [1.29, 1.82) is 0 Å². The van der Waals surface area contributed by atoms with Crippen LogP contribution in [0, 0.1) is 0 Å². The molecule has 3 heterocycles. The van der Waals surface area contributed by atoms with Gasteiger partial charge in [-0.2, -0.15) is 0 Å². The molecule has 12 heteroatoms. The minimum atomic E-state index is -1.64. The van der Waals surface area contributed by atoms with Gasteiger partial charge in [0.2, 0.25) is 0 Å². The molecule has 3 fully saturated rings. The number of rotatable bonds is 19. The molecule has 0 spiro atoms. The Bertz CT molecular complexity index is 3850. The van der Waals surface area contributed by atoms with Crippen molar-refractivity contribution in [3.8, 4) is 11.1 Å². The van der Waals surface area contributed by atoms with Crippen LogP contribution in [0.5, 0.6) is 0 Å². The number of aliphatic carboxylic acids is 1. The van der Waals surface area contributed by atoms with E-state index in [0.29, 0.717) is 38.0 Å². The molecule has 0 saturated carbocycles. The molecule has 0 aliphatic carbocycles. The van der Waals surface area contributed by atoms with Crippen LogP contribution < -0.4 is 0 Å². The van der Waals surface area contributed by atoms with Gasteiger partial charge in [0.05, 0.1) is 69.1 Å². The third-order valence-corrected chi connectivity index (χ3v) is 18.2. The third kappa shape index (κ3) is 14.8. The molecule has 3 aliphatic heterocycles. The van der Waals surface area contributed by atoms with Crippen molar-refractivity contribution in [1.82, 2.24) is 0 Å². The number of aryl methyl sites for hydroxylation is 2. The fraction of sp³-hybridized carbons (Fsp3) is 0.241. The number of benzene rings is 10. The monoisotopic (exact) mass is 1270 g/mol. The molecule has 3 aliphatic rings. The molecule has 0 bridgehead atoms. The van der Waals surface area contributed by atoms with E-state index in [4.69, 9.17) is 37.9 Å². The van der Waals surface area contributed by atoms with Crippen molar-refractivity contribution in [2.75, 3.05) is 52.9 Å². The van der Waals surface area contributed by atoms with Gasteiger partial charge >= 0.3 is 17.9 Å². The second-order valence-corrected chi connectivity index (χ2v) is 24.0. The van der Waals surface area contributed by atoms with Crippen molar-refractivity contribution in [3.05, 3.63) is 347 Å². The van der Waals surface area contributed by atoms with Crippen molar-refractivity contribution in [2.24, 2.45) is 0 Å². The molecule has 484 valence electrons. The summed E-state index contributed by atoms with van der Waals surface area (Å²) in [4.78, 5) is 38.4. The zero-order chi connectivity index (χ0) is 65.9. The zero-order valence-electron chi connectivity index (χ0n) is 53.7. The van der Waals surface area contributed by atoms with Crippen molar-refractivity contribution in [2.45, 2.75) is 73.1 Å². The van der Waals surface area contributed by atoms with Crippen LogP contribution in [-0.4, -0.2) is 87.4 Å². The quantitative estimate of drug-likeness (QED) is 0.0769. The second-order valence-electron chi connectivity index (χ2n) is 24.0. The molecular formula is C83H80O12. The van der Waals surface area contributed by atoms with Gasteiger partial charge < -0.3 is 43.0 Å². The fourth-order valence-corrected chi connectivity index (χ4v) is 12.7. The molecule has 1 N–H and O–H groups in total. The van der Waals surface area contributed by atoms with E-state index in [2.05, 4.69) is 60.7 Å². The Morgan fingerprint density at radius 1 is 0.316 bits per heavy atom. The van der Waals surface area contributed by atoms with E-state index in [1.807, 2.05) is 237 Å². The smallest absolute Gasteiger partial charge is 0.372 e. The molecule has 0 radical (unpaired) electrons. The lowest BCUT2D eigenvalue weighted by Gasteiger charge is -2.45. The van der Waals surface area contributed by atoms with E-state index in [1.165, 1.54) is 0 Å². The minimum Gasteiger partial charge on any atom is -0.477 e. The van der Waals surface area contributed by atoms with Crippen LogP contribution in [0.15, 0.2) is 297 Å². The van der Waals surface area contributed by atoms with Crippen LogP contribution >= 0.6 is 0 Å². The molecular weight excluding hydrogens is 1190 g/mol. The first-order valence-corrected chi connectivity index (χ1v) is 32.5. The summed E-state index contributed by atoms with van der Waals surface area (Å²) in [6.45, 7) is 5.75. The van der Waals surface area contributed by atoms with E-state index in [-0.39, 0.29) is 46.1 Å². The molecule has 95 heavy (non-hydrogen) atoms. The number of hydrogen-bond acceptors (Lipinski definition) is 11. The largest absolute Gasteiger partial charge is 0.477 e. The lowest BCUT2D eigenvalue weighted by Crippen LogP contribution is -2.57. The van der Waals surface area contributed by atoms with Gasteiger partial charge in [-0.25, -0.2) is 14.4 Å². The Kier molecular flexibility index (Phi) is 21.9. The van der Waals surface area contributed by atoms with Gasteiger partial charge in [0, 0.05) is 18.4 Å². The number of carbonyl (C=O) groups excluding carboxylic acids is 2. The van der Waals surface area contributed by atoms with Crippen LogP contribution in [0.1, 0.15) is 76.8 Å². The lowest BCUT2D eigenvalue weighted by molar-refractivity contribution is -0.290. The summed E-state index contributed by atoms with van der Waals surface area (Å²) in [5.41, 5.74) is 9.79. The second kappa shape index (κ2) is 31.1. The van der Waals surface area contributed by atoms with E-state index < -0.39 is 51.5 Å². The number of ether oxygens (including phenoxy) is 8. The molecule has 0 aromatic heterocycles. The van der Waals surface area contributed by atoms with Crippen molar-refractivity contribution < 1.29 is 57.4 Å². The number of carbonyl (C=O) groups is 3. The molecule has 10 aromatic carbocycles. The van der Waals surface area contributed by atoms with Crippen LogP contribution in [0.2, 0.25) is 0 Å². The van der Waals surface area contributed by atoms with Gasteiger partial charge in [-0.1, -0.05) is 297 Å². The topological polar surface area (TPSA) is 145 Å². The number of esters is 2. The van der Waals surface area contributed by atoms with Crippen LogP contribution in [-0.2, 0) is 87.2 Å². The van der Waals surface area contributed by atoms with E-state index in [0.717, 1.165) is 55.6 Å². The number of carboxylic acids is 1. The summed E-state index contributed by atoms with van der Waals surface area (Å²) in [5, 5.41) is 9.93. The first-order chi connectivity index (χ1) is 46.5. The Balaban J connectivity index is 0.000000146. The van der Waals surface area contributed by atoms with Gasteiger partial charge in [0.15, 0.2) is 0 Å². The predicted molar refractivity (Wildman–Crippen MR) is 366 cm³/mol. The van der Waals surface area contributed by atoms with E-state index >= 15 is 0 Å². The molecule has 0 amide bonds.